The molecule has 1 unspecified atom stereocenters. The maximum atomic E-state index is 12.3. The van der Waals surface area contributed by atoms with Gasteiger partial charge < -0.3 is 10.1 Å². The van der Waals surface area contributed by atoms with Crippen LogP contribution in [0.3, 0.4) is 0 Å². The van der Waals surface area contributed by atoms with Crippen LogP contribution in [0, 0.1) is 0 Å². The summed E-state index contributed by atoms with van der Waals surface area (Å²) in [6.45, 7) is 8.39. The van der Waals surface area contributed by atoms with E-state index in [4.69, 9.17) is 4.74 Å². The van der Waals surface area contributed by atoms with Crippen molar-refractivity contribution in [2.75, 3.05) is 7.05 Å². The van der Waals surface area contributed by atoms with Crippen molar-refractivity contribution in [2.45, 2.75) is 50.7 Å². The van der Waals surface area contributed by atoms with Crippen molar-refractivity contribution in [3.05, 3.63) is 59.7 Å². The summed E-state index contributed by atoms with van der Waals surface area (Å²) in [5.41, 5.74) is 2.05. The van der Waals surface area contributed by atoms with E-state index in [1.807, 2.05) is 24.3 Å². The van der Waals surface area contributed by atoms with Gasteiger partial charge in [-0.25, -0.2) is 13.1 Å². The number of ether oxygens (including phenoxy) is 1. The highest BCUT2D eigenvalue weighted by Gasteiger charge is 2.17. The van der Waals surface area contributed by atoms with Crippen LogP contribution in [-0.4, -0.2) is 27.5 Å². The molecule has 0 aliphatic heterocycles. The number of amides is 1. The first kappa shape index (κ1) is 21.9. The van der Waals surface area contributed by atoms with Crippen molar-refractivity contribution in [2.24, 2.45) is 0 Å². The van der Waals surface area contributed by atoms with Crippen molar-refractivity contribution in [1.82, 2.24) is 10.0 Å². The second kappa shape index (κ2) is 8.75. The van der Waals surface area contributed by atoms with Crippen molar-refractivity contribution in [3.8, 4) is 5.75 Å². The van der Waals surface area contributed by atoms with Gasteiger partial charge in [0.05, 0.1) is 4.90 Å². The number of carbonyl (C=O) groups is 1. The van der Waals surface area contributed by atoms with Crippen LogP contribution < -0.4 is 14.8 Å². The monoisotopic (exact) mass is 404 g/mol. The Bertz CT molecular complexity index is 899. The molecule has 7 heteroatoms. The van der Waals surface area contributed by atoms with Gasteiger partial charge in [-0.2, -0.15) is 0 Å². The lowest BCUT2D eigenvalue weighted by atomic mass is 9.87. The fourth-order valence-electron chi connectivity index (χ4n) is 2.53. The van der Waals surface area contributed by atoms with E-state index in [1.165, 1.54) is 24.7 Å². The van der Waals surface area contributed by atoms with Gasteiger partial charge in [0.15, 0.2) is 6.10 Å². The minimum atomic E-state index is -3.46. The Morgan fingerprint density at radius 2 is 1.61 bits per heavy atom. The third-order valence-electron chi connectivity index (χ3n) is 4.37. The molecule has 0 aliphatic rings. The number of benzene rings is 2. The Labute approximate surface area is 167 Å². The lowest BCUT2D eigenvalue weighted by Gasteiger charge is -2.20. The lowest BCUT2D eigenvalue weighted by Crippen LogP contribution is -2.35. The van der Waals surface area contributed by atoms with E-state index in [9.17, 15) is 13.2 Å². The van der Waals surface area contributed by atoms with Gasteiger partial charge in [-0.15, -0.1) is 0 Å². The molecular weight excluding hydrogens is 376 g/mol. The molecule has 28 heavy (non-hydrogen) atoms. The predicted octanol–water partition coefficient (Wildman–Crippen LogP) is 2.98. The Balaban J connectivity index is 1.90. The van der Waals surface area contributed by atoms with Crippen LogP contribution in [0.4, 0.5) is 0 Å². The van der Waals surface area contributed by atoms with Gasteiger partial charge in [0.2, 0.25) is 10.0 Å². The molecule has 0 saturated carbocycles. The van der Waals surface area contributed by atoms with E-state index in [-0.39, 0.29) is 22.8 Å². The summed E-state index contributed by atoms with van der Waals surface area (Å²) in [5.74, 6) is 0.393. The fraction of sp³-hybridized carbons (Fsp3) is 0.381. The van der Waals surface area contributed by atoms with Gasteiger partial charge in [-0.1, -0.05) is 45.0 Å². The number of carbonyl (C=O) groups excluding carboxylic acids is 1. The smallest absolute Gasteiger partial charge is 0.261 e. The van der Waals surface area contributed by atoms with Gasteiger partial charge in [0.25, 0.3) is 5.91 Å². The summed E-state index contributed by atoms with van der Waals surface area (Å²) in [6, 6.07) is 14.1. The molecule has 152 valence electrons. The van der Waals surface area contributed by atoms with Gasteiger partial charge in [-0.05, 0) is 54.8 Å². The minimum Gasteiger partial charge on any atom is -0.481 e. The minimum absolute atomic E-state index is 0.0591. The largest absolute Gasteiger partial charge is 0.481 e. The van der Waals surface area contributed by atoms with Gasteiger partial charge in [0, 0.05) is 6.54 Å². The highest BCUT2D eigenvalue weighted by atomic mass is 32.2. The molecule has 1 atom stereocenters. The molecular formula is C21H28N2O4S. The van der Waals surface area contributed by atoms with Crippen LogP contribution in [0.2, 0.25) is 0 Å². The zero-order valence-corrected chi connectivity index (χ0v) is 17.8. The second-order valence-electron chi connectivity index (χ2n) is 7.60. The lowest BCUT2D eigenvalue weighted by molar-refractivity contribution is -0.127. The summed E-state index contributed by atoms with van der Waals surface area (Å²) >= 11 is 0. The molecule has 0 aromatic heterocycles. The van der Waals surface area contributed by atoms with E-state index in [0.29, 0.717) is 5.75 Å². The highest BCUT2D eigenvalue weighted by molar-refractivity contribution is 7.89. The Kier molecular flexibility index (Phi) is 6.85. The standard InChI is InChI=1S/C21H28N2O4S/c1-15(27-18-10-8-17(9-11-18)21(2,3)4)20(24)23-14-16-6-12-19(13-7-16)28(25,26)22-5/h6-13,15,22H,14H2,1-5H3,(H,23,24). The van der Waals surface area contributed by atoms with Crippen LogP contribution >= 0.6 is 0 Å². The predicted molar refractivity (Wildman–Crippen MR) is 110 cm³/mol. The van der Waals surface area contributed by atoms with Gasteiger partial charge in [0.1, 0.15) is 5.75 Å². The van der Waals surface area contributed by atoms with Crippen molar-refractivity contribution < 1.29 is 17.9 Å². The molecule has 0 fully saturated rings. The fourth-order valence-corrected chi connectivity index (χ4v) is 3.26. The number of sulfonamides is 1. The molecule has 2 rings (SSSR count). The van der Waals surface area contributed by atoms with Crippen molar-refractivity contribution in [3.63, 3.8) is 0 Å². The average Bonchev–Trinajstić information content (AvgIpc) is 2.66. The average molecular weight is 405 g/mol. The quantitative estimate of drug-likeness (QED) is 0.743. The Hall–Kier alpha value is -2.38. The molecule has 0 saturated heterocycles. The SMILES string of the molecule is CNS(=O)(=O)c1ccc(CNC(=O)C(C)Oc2ccc(C(C)(C)C)cc2)cc1. The number of hydrogen-bond donors (Lipinski definition) is 2. The third-order valence-corrected chi connectivity index (χ3v) is 5.80. The van der Waals surface area contributed by atoms with E-state index in [2.05, 4.69) is 30.8 Å². The Morgan fingerprint density at radius 1 is 1.04 bits per heavy atom. The summed E-state index contributed by atoms with van der Waals surface area (Å²) < 4.78 is 31.4. The molecule has 0 aliphatic carbocycles. The molecule has 0 bridgehead atoms. The zero-order chi connectivity index (χ0) is 20.9. The highest BCUT2D eigenvalue weighted by Crippen LogP contribution is 2.24. The molecule has 1 amide bonds. The third kappa shape index (κ3) is 5.81. The van der Waals surface area contributed by atoms with Crippen LogP contribution in [-0.2, 0) is 26.8 Å². The molecule has 0 spiro atoms. The first-order chi connectivity index (χ1) is 13.0. The van der Waals surface area contributed by atoms with Crippen LogP contribution in [0.15, 0.2) is 53.4 Å². The van der Waals surface area contributed by atoms with Crippen LogP contribution in [0.25, 0.3) is 0 Å². The van der Waals surface area contributed by atoms with Crippen LogP contribution in [0.5, 0.6) is 5.75 Å². The summed E-state index contributed by atoms with van der Waals surface area (Å²) in [4.78, 5) is 12.5. The summed E-state index contributed by atoms with van der Waals surface area (Å²) in [6.07, 6.45) is -0.649. The topological polar surface area (TPSA) is 84.5 Å². The van der Waals surface area contributed by atoms with Crippen molar-refractivity contribution in [1.29, 1.82) is 0 Å². The van der Waals surface area contributed by atoms with Crippen molar-refractivity contribution >= 4 is 15.9 Å². The normalized spacial score (nSPS) is 13.0. The van der Waals surface area contributed by atoms with E-state index in [0.717, 1.165) is 5.56 Å². The van der Waals surface area contributed by atoms with E-state index in [1.54, 1.807) is 19.1 Å². The second-order valence-corrected chi connectivity index (χ2v) is 9.49. The maximum absolute atomic E-state index is 12.3. The van der Waals surface area contributed by atoms with E-state index < -0.39 is 16.1 Å². The Morgan fingerprint density at radius 3 is 2.11 bits per heavy atom. The molecule has 6 nitrogen and oxygen atoms in total. The summed E-state index contributed by atoms with van der Waals surface area (Å²) in [5, 5.41) is 2.80. The van der Waals surface area contributed by atoms with Crippen LogP contribution in [0.1, 0.15) is 38.8 Å². The number of nitrogens with one attached hydrogen (secondary N) is 2. The van der Waals surface area contributed by atoms with Gasteiger partial charge in [-0.3, -0.25) is 4.79 Å². The molecule has 2 N–H and O–H groups in total. The first-order valence-electron chi connectivity index (χ1n) is 9.10. The molecule has 0 radical (unpaired) electrons. The van der Waals surface area contributed by atoms with Gasteiger partial charge >= 0.3 is 0 Å². The molecule has 2 aromatic rings. The number of rotatable bonds is 7. The number of hydrogen-bond acceptors (Lipinski definition) is 4. The molecule has 2 aromatic carbocycles. The summed E-state index contributed by atoms with van der Waals surface area (Å²) in [7, 11) is -2.10. The maximum Gasteiger partial charge on any atom is 0.261 e. The first-order valence-corrected chi connectivity index (χ1v) is 10.6. The van der Waals surface area contributed by atoms with E-state index >= 15 is 0 Å². The molecule has 0 heterocycles. The zero-order valence-electron chi connectivity index (χ0n) is 16.9.